The molecule has 4 rings (SSSR count). The van der Waals surface area contributed by atoms with Crippen molar-refractivity contribution in [1.29, 1.82) is 0 Å². The highest BCUT2D eigenvalue weighted by Gasteiger charge is 2.28. The Morgan fingerprint density at radius 2 is 1.88 bits per heavy atom. The molecule has 1 aromatic carbocycles. The van der Waals surface area contributed by atoms with Crippen molar-refractivity contribution < 1.29 is 4.79 Å². The molecule has 132 valence electrons. The van der Waals surface area contributed by atoms with Crippen molar-refractivity contribution in [2.45, 2.75) is 13.0 Å². The van der Waals surface area contributed by atoms with Gasteiger partial charge >= 0.3 is 6.03 Å². The van der Waals surface area contributed by atoms with Gasteiger partial charge in [0.15, 0.2) is 0 Å². The van der Waals surface area contributed by atoms with Crippen molar-refractivity contribution in [2.24, 2.45) is 0 Å². The van der Waals surface area contributed by atoms with Gasteiger partial charge in [0.2, 0.25) is 0 Å². The summed E-state index contributed by atoms with van der Waals surface area (Å²) in [5.74, 6) is 0. The van der Waals surface area contributed by atoms with Crippen molar-refractivity contribution in [2.75, 3.05) is 29.9 Å². The number of fused-ring (bicyclic) bond motifs is 1. The summed E-state index contributed by atoms with van der Waals surface area (Å²) in [7, 11) is 0. The summed E-state index contributed by atoms with van der Waals surface area (Å²) in [6.45, 7) is 4.30. The molecular weight excluding hydrogens is 328 g/mol. The van der Waals surface area contributed by atoms with Gasteiger partial charge in [-0.3, -0.25) is 15.0 Å². The molecule has 2 aromatic heterocycles. The zero-order valence-corrected chi connectivity index (χ0v) is 14.5. The normalized spacial score (nSPS) is 17.3. The van der Waals surface area contributed by atoms with Crippen LogP contribution in [0, 0.1) is 0 Å². The average molecular weight is 348 g/mol. The Balaban J connectivity index is 1.47. The number of nitrogens with one attached hydrogen (secondary N) is 1. The van der Waals surface area contributed by atoms with Crippen molar-refractivity contribution in [3.05, 3.63) is 55.1 Å². The van der Waals surface area contributed by atoms with Gasteiger partial charge in [0.25, 0.3) is 0 Å². The first-order valence-electron chi connectivity index (χ1n) is 8.65. The molecule has 1 fully saturated rings. The number of carbonyl (C=O) groups is 1. The highest BCUT2D eigenvalue weighted by atomic mass is 16.2. The lowest BCUT2D eigenvalue weighted by Gasteiger charge is -2.40. The number of aromatic nitrogens is 3. The van der Waals surface area contributed by atoms with E-state index in [0.29, 0.717) is 17.7 Å². The fourth-order valence-electron chi connectivity index (χ4n) is 3.33. The predicted octanol–water partition coefficient (Wildman–Crippen LogP) is 2.77. The molecule has 1 unspecified atom stereocenters. The van der Waals surface area contributed by atoms with Crippen LogP contribution in [0.25, 0.3) is 11.0 Å². The second kappa shape index (κ2) is 6.95. The van der Waals surface area contributed by atoms with Crippen molar-refractivity contribution in [3.63, 3.8) is 0 Å². The first kappa shape index (κ1) is 16.3. The topological polar surface area (TPSA) is 74.2 Å². The second-order valence-corrected chi connectivity index (χ2v) is 6.35. The molecule has 1 atom stereocenters. The summed E-state index contributed by atoms with van der Waals surface area (Å²) >= 11 is 0. The standard InChI is InChI=1S/C19H20N6O/c1-14-13-24(15-5-7-20-8-6-15)11-12-25(14)19(26)23-17-4-2-3-16-18(17)22-10-9-21-16/h2-10,14H,11-13H2,1H3,(H,23,26). The van der Waals surface area contributed by atoms with E-state index in [2.05, 4.69) is 32.1 Å². The van der Waals surface area contributed by atoms with Crippen LogP contribution in [0.2, 0.25) is 0 Å². The van der Waals surface area contributed by atoms with Crippen molar-refractivity contribution in [3.8, 4) is 0 Å². The molecule has 1 N–H and O–H groups in total. The molecule has 0 aliphatic carbocycles. The first-order valence-corrected chi connectivity index (χ1v) is 8.65. The van der Waals surface area contributed by atoms with E-state index in [-0.39, 0.29) is 12.1 Å². The Bertz CT molecular complexity index is 911. The maximum atomic E-state index is 12.8. The molecule has 0 bridgehead atoms. The third kappa shape index (κ3) is 3.15. The molecule has 7 heteroatoms. The largest absolute Gasteiger partial charge is 0.368 e. The summed E-state index contributed by atoms with van der Waals surface area (Å²) < 4.78 is 0. The minimum absolute atomic E-state index is 0.0953. The summed E-state index contributed by atoms with van der Waals surface area (Å²) in [5.41, 5.74) is 3.29. The van der Waals surface area contributed by atoms with Gasteiger partial charge in [0.1, 0.15) is 5.52 Å². The SMILES string of the molecule is CC1CN(c2ccncc2)CCN1C(=O)Nc1cccc2nccnc12. The van der Waals surface area contributed by atoms with Crippen molar-refractivity contribution >= 4 is 28.4 Å². The number of benzene rings is 1. The van der Waals surface area contributed by atoms with E-state index >= 15 is 0 Å². The number of nitrogens with zero attached hydrogens (tertiary/aromatic N) is 5. The van der Waals surface area contributed by atoms with Crippen LogP contribution in [0.5, 0.6) is 0 Å². The number of pyridine rings is 1. The highest BCUT2D eigenvalue weighted by molar-refractivity contribution is 5.98. The number of para-hydroxylation sites is 1. The number of anilines is 2. The number of amides is 2. The smallest absolute Gasteiger partial charge is 0.322 e. The van der Waals surface area contributed by atoms with E-state index in [4.69, 9.17) is 0 Å². The minimum atomic E-state index is -0.106. The van der Waals surface area contributed by atoms with Gasteiger partial charge in [-0.25, -0.2) is 4.79 Å². The fourth-order valence-corrected chi connectivity index (χ4v) is 3.33. The van der Waals surface area contributed by atoms with Gasteiger partial charge in [-0.2, -0.15) is 0 Å². The van der Waals surface area contributed by atoms with Gasteiger partial charge in [0.05, 0.1) is 11.2 Å². The lowest BCUT2D eigenvalue weighted by molar-refractivity contribution is 0.185. The first-order chi connectivity index (χ1) is 12.7. The van der Waals surface area contributed by atoms with Gasteiger partial charge in [-0.1, -0.05) is 6.07 Å². The quantitative estimate of drug-likeness (QED) is 0.771. The van der Waals surface area contributed by atoms with Gasteiger partial charge < -0.3 is 15.1 Å². The summed E-state index contributed by atoms with van der Waals surface area (Å²) in [5, 5.41) is 3.00. The van der Waals surface area contributed by atoms with Crippen LogP contribution in [0.3, 0.4) is 0 Å². The van der Waals surface area contributed by atoms with Gasteiger partial charge in [0, 0.05) is 56.2 Å². The van der Waals surface area contributed by atoms with Crippen LogP contribution >= 0.6 is 0 Å². The lowest BCUT2D eigenvalue weighted by Crippen LogP contribution is -2.55. The van der Waals surface area contributed by atoms with E-state index in [1.165, 1.54) is 0 Å². The van der Waals surface area contributed by atoms with Crippen molar-refractivity contribution in [1.82, 2.24) is 19.9 Å². The van der Waals surface area contributed by atoms with Gasteiger partial charge in [-0.05, 0) is 31.2 Å². The van der Waals surface area contributed by atoms with E-state index in [0.717, 1.165) is 24.3 Å². The molecule has 0 spiro atoms. The monoisotopic (exact) mass is 348 g/mol. The van der Waals surface area contributed by atoms with Crippen LogP contribution in [0.15, 0.2) is 55.1 Å². The molecule has 7 nitrogen and oxygen atoms in total. The third-order valence-corrected chi connectivity index (χ3v) is 4.66. The van der Waals surface area contributed by atoms with E-state index in [1.807, 2.05) is 35.2 Å². The Morgan fingerprint density at radius 3 is 2.69 bits per heavy atom. The van der Waals surface area contributed by atoms with Crippen LogP contribution in [0.4, 0.5) is 16.2 Å². The number of rotatable bonds is 2. The number of urea groups is 1. The molecule has 26 heavy (non-hydrogen) atoms. The van der Waals surface area contributed by atoms with E-state index in [1.54, 1.807) is 24.8 Å². The average Bonchev–Trinajstić information content (AvgIpc) is 2.69. The maximum absolute atomic E-state index is 12.8. The summed E-state index contributed by atoms with van der Waals surface area (Å²) in [6, 6.07) is 9.59. The molecule has 3 heterocycles. The van der Waals surface area contributed by atoms with Crippen LogP contribution in [0.1, 0.15) is 6.92 Å². The zero-order chi connectivity index (χ0) is 17.9. The molecular formula is C19H20N6O. The Morgan fingerprint density at radius 1 is 1.08 bits per heavy atom. The van der Waals surface area contributed by atoms with E-state index in [9.17, 15) is 4.79 Å². The molecule has 3 aromatic rings. The summed E-state index contributed by atoms with van der Waals surface area (Å²) in [4.78, 5) is 29.6. The van der Waals surface area contributed by atoms with Crippen LogP contribution < -0.4 is 10.2 Å². The summed E-state index contributed by atoms with van der Waals surface area (Å²) in [6.07, 6.45) is 6.86. The molecule has 0 radical (unpaired) electrons. The minimum Gasteiger partial charge on any atom is -0.368 e. The number of piperazine rings is 1. The van der Waals surface area contributed by atoms with Crippen LogP contribution in [-0.4, -0.2) is 51.6 Å². The molecule has 1 aliphatic heterocycles. The molecule has 0 saturated carbocycles. The molecule has 2 amide bonds. The zero-order valence-electron chi connectivity index (χ0n) is 14.5. The predicted molar refractivity (Wildman–Crippen MR) is 101 cm³/mol. The van der Waals surface area contributed by atoms with Crippen LogP contribution in [-0.2, 0) is 0 Å². The van der Waals surface area contributed by atoms with E-state index < -0.39 is 0 Å². The number of hydrogen-bond acceptors (Lipinski definition) is 5. The highest BCUT2D eigenvalue weighted by Crippen LogP contribution is 2.22. The third-order valence-electron chi connectivity index (χ3n) is 4.66. The second-order valence-electron chi connectivity index (χ2n) is 6.35. The maximum Gasteiger partial charge on any atom is 0.322 e. The lowest BCUT2D eigenvalue weighted by atomic mass is 10.2. The number of carbonyl (C=O) groups excluding carboxylic acids is 1. The Labute approximate surface area is 151 Å². The Kier molecular flexibility index (Phi) is 4.35. The Hall–Kier alpha value is -3.22. The number of hydrogen-bond donors (Lipinski definition) is 1. The molecule has 1 aliphatic rings. The molecule has 1 saturated heterocycles. The fraction of sp³-hybridized carbons (Fsp3) is 0.263. The van der Waals surface area contributed by atoms with Gasteiger partial charge in [-0.15, -0.1) is 0 Å².